The van der Waals surface area contributed by atoms with Crippen molar-refractivity contribution in [2.45, 2.75) is 25.8 Å². The van der Waals surface area contributed by atoms with Gasteiger partial charge in [0.15, 0.2) is 11.6 Å². The average molecular weight is 545 g/mol. The maximum Gasteiger partial charge on any atom is 0.257 e. The van der Waals surface area contributed by atoms with Crippen LogP contribution >= 0.6 is 11.6 Å². The maximum atomic E-state index is 12.6. The van der Waals surface area contributed by atoms with Gasteiger partial charge < -0.3 is 14.2 Å². The van der Waals surface area contributed by atoms with Crippen LogP contribution in [0.1, 0.15) is 41.0 Å². The Balaban J connectivity index is 0.942. The standard InChI is InChI=1S/C31H33ClN4O3/c32-27-13-9-24(10-14-27)30(37)25-11-15-28(16-12-25)38-22-6-2-5-17-35-18-20-36(21-19-35)23-29-33-31(39-34-29)26-7-3-1-4-8-26/h1,3-4,7-16H,2,5-6,17-23H2. The molecule has 5 rings (SSSR count). The normalized spacial score (nSPS) is 14.4. The van der Waals surface area contributed by atoms with Crippen molar-refractivity contribution in [1.29, 1.82) is 0 Å². The van der Waals surface area contributed by atoms with Crippen molar-refractivity contribution >= 4 is 17.4 Å². The van der Waals surface area contributed by atoms with E-state index in [4.69, 9.17) is 20.9 Å². The van der Waals surface area contributed by atoms with Crippen LogP contribution < -0.4 is 4.74 Å². The Labute approximate surface area is 234 Å². The number of rotatable bonds is 12. The number of nitrogens with zero attached hydrogens (tertiary/aromatic N) is 4. The molecule has 8 heteroatoms. The SMILES string of the molecule is O=C(c1ccc(Cl)cc1)c1ccc(OCCCCCN2CCN(Cc3noc(-c4ccccc4)n3)CC2)cc1. The minimum absolute atomic E-state index is 0.0222. The van der Waals surface area contributed by atoms with Crippen LogP contribution in [0.4, 0.5) is 0 Å². The maximum absolute atomic E-state index is 12.6. The van der Waals surface area contributed by atoms with Crippen LogP contribution in [-0.2, 0) is 6.54 Å². The topological polar surface area (TPSA) is 71.7 Å². The molecule has 0 bridgehead atoms. The molecule has 1 aliphatic heterocycles. The number of carbonyl (C=O) groups is 1. The molecule has 0 atom stereocenters. The first-order valence-corrected chi connectivity index (χ1v) is 13.9. The molecule has 202 valence electrons. The summed E-state index contributed by atoms with van der Waals surface area (Å²) in [5, 5.41) is 4.78. The van der Waals surface area contributed by atoms with Crippen LogP contribution in [0, 0.1) is 0 Å². The summed E-state index contributed by atoms with van der Waals surface area (Å²) in [5.41, 5.74) is 2.21. The molecule has 0 aliphatic carbocycles. The lowest BCUT2D eigenvalue weighted by Crippen LogP contribution is -2.46. The lowest BCUT2D eigenvalue weighted by atomic mass is 10.0. The van der Waals surface area contributed by atoms with Gasteiger partial charge in [-0.25, -0.2) is 0 Å². The summed E-state index contributed by atoms with van der Waals surface area (Å²) in [4.78, 5) is 22.1. The fourth-order valence-corrected chi connectivity index (χ4v) is 4.79. The van der Waals surface area contributed by atoms with Gasteiger partial charge in [-0.1, -0.05) is 35.0 Å². The molecule has 39 heavy (non-hydrogen) atoms. The fourth-order valence-electron chi connectivity index (χ4n) is 4.66. The monoisotopic (exact) mass is 544 g/mol. The zero-order valence-electron chi connectivity index (χ0n) is 22.0. The molecule has 1 aliphatic rings. The van der Waals surface area contributed by atoms with E-state index in [2.05, 4.69) is 19.9 Å². The first kappa shape index (κ1) is 27.1. The minimum atomic E-state index is -0.0222. The van der Waals surface area contributed by atoms with E-state index >= 15 is 0 Å². The summed E-state index contributed by atoms with van der Waals surface area (Å²) in [5.74, 6) is 2.09. The summed E-state index contributed by atoms with van der Waals surface area (Å²) in [6.07, 6.45) is 3.29. The Bertz CT molecular complexity index is 1320. The molecule has 1 fully saturated rings. The zero-order valence-corrected chi connectivity index (χ0v) is 22.7. The van der Waals surface area contributed by atoms with Crippen LogP contribution in [-0.4, -0.2) is 65.1 Å². The number of piperazine rings is 1. The second-order valence-electron chi connectivity index (χ2n) is 9.77. The third kappa shape index (κ3) is 7.76. The number of aromatic nitrogens is 2. The smallest absolute Gasteiger partial charge is 0.257 e. The van der Waals surface area contributed by atoms with E-state index < -0.39 is 0 Å². The quantitative estimate of drug-likeness (QED) is 0.160. The highest BCUT2D eigenvalue weighted by Gasteiger charge is 2.19. The van der Waals surface area contributed by atoms with Gasteiger partial charge in [-0.05, 0) is 86.5 Å². The van der Waals surface area contributed by atoms with Gasteiger partial charge in [0.25, 0.3) is 5.89 Å². The van der Waals surface area contributed by atoms with Crippen molar-refractivity contribution < 1.29 is 14.1 Å². The summed E-state index contributed by atoms with van der Waals surface area (Å²) < 4.78 is 11.3. The highest BCUT2D eigenvalue weighted by molar-refractivity contribution is 6.30. The molecular weight excluding hydrogens is 512 g/mol. The van der Waals surface area contributed by atoms with Crippen molar-refractivity contribution in [3.8, 4) is 17.2 Å². The van der Waals surface area contributed by atoms with Crippen LogP contribution in [0.15, 0.2) is 83.4 Å². The summed E-state index contributed by atoms with van der Waals surface area (Å²) in [6.45, 7) is 6.63. The number of carbonyl (C=O) groups excluding carboxylic acids is 1. The summed E-state index contributed by atoms with van der Waals surface area (Å²) in [7, 11) is 0. The lowest BCUT2D eigenvalue weighted by Gasteiger charge is -2.34. The van der Waals surface area contributed by atoms with Crippen molar-refractivity contribution in [3.05, 3.63) is 101 Å². The van der Waals surface area contributed by atoms with E-state index in [1.54, 1.807) is 24.3 Å². The molecule has 7 nitrogen and oxygen atoms in total. The Kier molecular flexibility index (Phi) is 9.38. The van der Waals surface area contributed by atoms with Crippen molar-refractivity contribution in [3.63, 3.8) is 0 Å². The number of unbranched alkanes of at least 4 members (excludes halogenated alkanes) is 2. The van der Waals surface area contributed by atoms with E-state index in [1.807, 2.05) is 54.6 Å². The van der Waals surface area contributed by atoms with E-state index in [-0.39, 0.29) is 5.78 Å². The predicted molar refractivity (Wildman–Crippen MR) is 152 cm³/mol. The van der Waals surface area contributed by atoms with E-state index in [0.717, 1.165) is 75.7 Å². The fraction of sp³-hybridized carbons (Fsp3) is 0.323. The molecule has 0 amide bonds. The number of ketones is 1. The van der Waals surface area contributed by atoms with Gasteiger partial charge >= 0.3 is 0 Å². The number of hydrogen-bond donors (Lipinski definition) is 0. The predicted octanol–water partition coefficient (Wildman–Crippen LogP) is 5.99. The van der Waals surface area contributed by atoms with Crippen LogP contribution in [0.5, 0.6) is 5.75 Å². The molecule has 1 saturated heterocycles. The first-order chi connectivity index (χ1) is 19.1. The van der Waals surface area contributed by atoms with Crippen LogP contribution in [0.3, 0.4) is 0 Å². The Morgan fingerprint density at radius 2 is 1.49 bits per heavy atom. The highest BCUT2D eigenvalue weighted by atomic mass is 35.5. The zero-order chi connectivity index (χ0) is 26.9. The molecule has 1 aromatic heterocycles. The highest BCUT2D eigenvalue weighted by Crippen LogP contribution is 2.19. The first-order valence-electron chi connectivity index (χ1n) is 13.5. The minimum Gasteiger partial charge on any atom is -0.494 e. The molecule has 3 aromatic carbocycles. The largest absolute Gasteiger partial charge is 0.494 e. The lowest BCUT2D eigenvalue weighted by molar-refractivity contribution is 0.103. The molecule has 0 unspecified atom stereocenters. The van der Waals surface area contributed by atoms with Gasteiger partial charge in [-0.2, -0.15) is 4.98 Å². The third-order valence-corrected chi connectivity index (χ3v) is 7.18. The van der Waals surface area contributed by atoms with E-state index in [0.29, 0.717) is 28.6 Å². The van der Waals surface area contributed by atoms with Crippen LogP contribution in [0.25, 0.3) is 11.5 Å². The van der Waals surface area contributed by atoms with Gasteiger partial charge in [-0.15, -0.1) is 0 Å². The van der Waals surface area contributed by atoms with E-state index in [1.165, 1.54) is 0 Å². The Morgan fingerprint density at radius 3 is 2.21 bits per heavy atom. The molecular formula is C31H33ClN4O3. The van der Waals surface area contributed by atoms with Crippen molar-refractivity contribution in [2.75, 3.05) is 39.3 Å². The molecule has 0 radical (unpaired) electrons. The average Bonchev–Trinajstić information content (AvgIpc) is 3.45. The Morgan fingerprint density at radius 1 is 0.821 bits per heavy atom. The van der Waals surface area contributed by atoms with Gasteiger partial charge in [0.05, 0.1) is 13.2 Å². The molecule has 0 spiro atoms. The number of halogens is 1. The summed E-state index contributed by atoms with van der Waals surface area (Å²) in [6, 6.07) is 24.2. The number of hydrogen-bond acceptors (Lipinski definition) is 7. The van der Waals surface area contributed by atoms with Gasteiger partial charge in [-0.3, -0.25) is 9.69 Å². The third-order valence-electron chi connectivity index (χ3n) is 6.93. The van der Waals surface area contributed by atoms with Crippen molar-refractivity contribution in [1.82, 2.24) is 19.9 Å². The Hall–Kier alpha value is -3.52. The number of ether oxygens (including phenoxy) is 1. The van der Waals surface area contributed by atoms with Gasteiger partial charge in [0, 0.05) is 47.9 Å². The van der Waals surface area contributed by atoms with Crippen LogP contribution in [0.2, 0.25) is 5.02 Å². The van der Waals surface area contributed by atoms with Crippen molar-refractivity contribution in [2.24, 2.45) is 0 Å². The second-order valence-corrected chi connectivity index (χ2v) is 10.2. The molecule has 0 saturated carbocycles. The summed E-state index contributed by atoms with van der Waals surface area (Å²) >= 11 is 5.91. The molecule has 0 N–H and O–H groups in total. The second kappa shape index (κ2) is 13.5. The molecule has 2 heterocycles. The molecule has 4 aromatic rings. The van der Waals surface area contributed by atoms with Gasteiger partial charge in [0.2, 0.25) is 0 Å². The van der Waals surface area contributed by atoms with E-state index in [9.17, 15) is 4.79 Å². The number of benzene rings is 3. The van der Waals surface area contributed by atoms with Gasteiger partial charge in [0.1, 0.15) is 5.75 Å².